The zero-order chi connectivity index (χ0) is 28.4. The van der Waals surface area contributed by atoms with Gasteiger partial charge in [-0.3, -0.25) is 4.79 Å². The van der Waals surface area contributed by atoms with Crippen LogP contribution in [0.3, 0.4) is 0 Å². The van der Waals surface area contributed by atoms with Gasteiger partial charge in [-0.2, -0.15) is 0 Å². The van der Waals surface area contributed by atoms with Gasteiger partial charge in [0.1, 0.15) is 5.75 Å². The van der Waals surface area contributed by atoms with E-state index in [0.717, 1.165) is 29.8 Å². The molecule has 0 unspecified atom stereocenters. The zero-order valence-electron chi connectivity index (χ0n) is 24.7. The highest BCUT2D eigenvalue weighted by molar-refractivity contribution is 6.91. The molecule has 0 aromatic heterocycles. The van der Waals surface area contributed by atoms with Crippen molar-refractivity contribution in [3.8, 4) is 5.75 Å². The molecule has 6 heteroatoms. The minimum Gasteiger partial charge on any atom is -0.497 e. The van der Waals surface area contributed by atoms with Crippen molar-refractivity contribution < 1.29 is 19.4 Å². The summed E-state index contributed by atoms with van der Waals surface area (Å²) in [4.78, 5) is 16.4. The molecule has 5 nitrogen and oxygen atoms in total. The van der Waals surface area contributed by atoms with Crippen LogP contribution in [0.2, 0.25) is 18.6 Å². The molecule has 2 aromatic carbocycles. The van der Waals surface area contributed by atoms with E-state index in [1.165, 1.54) is 16.3 Å². The predicted molar refractivity (Wildman–Crippen MR) is 162 cm³/mol. The van der Waals surface area contributed by atoms with E-state index >= 15 is 0 Å². The van der Waals surface area contributed by atoms with Gasteiger partial charge < -0.3 is 19.5 Å². The number of benzene rings is 2. The molecule has 2 aliphatic rings. The third-order valence-corrected chi connectivity index (χ3v) is 13.2. The number of para-hydroxylation sites is 1. The van der Waals surface area contributed by atoms with Crippen molar-refractivity contribution in [3.63, 3.8) is 0 Å². The van der Waals surface area contributed by atoms with Gasteiger partial charge in [0, 0.05) is 24.6 Å². The Morgan fingerprint density at radius 2 is 1.79 bits per heavy atom. The lowest BCUT2D eigenvalue weighted by Gasteiger charge is -2.37. The van der Waals surface area contributed by atoms with Crippen molar-refractivity contribution in [2.75, 3.05) is 25.2 Å². The number of anilines is 1. The molecule has 0 aliphatic carbocycles. The lowest BCUT2D eigenvalue weighted by Crippen LogP contribution is -2.51. The maximum atomic E-state index is 14.5. The first-order valence-electron chi connectivity index (χ1n) is 14.2. The minimum absolute atomic E-state index is 0.0227. The average Bonchev–Trinajstić information content (AvgIpc) is 3.34. The first-order valence-corrected chi connectivity index (χ1v) is 17.3. The molecule has 1 saturated heterocycles. The second kappa shape index (κ2) is 11.8. The molecular weight excluding hydrogens is 502 g/mol. The molecule has 210 valence electrons. The SMILES string of the molecule is COc1ccc([Si](C)(C)[C@@H]2[C@@H](CCO)O[C@]3(C(=O)N(C/C=C(\C)CCC=C(C)C)c4ccccc43)[C@H]2C)cc1. The van der Waals surface area contributed by atoms with Crippen molar-refractivity contribution >= 4 is 24.9 Å². The van der Waals surface area contributed by atoms with E-state index in [1.54, 1.807) is 7.11 Å². The lowest BCUT2D eigenvalue weighted by atomic mass is 9.82. The van der Waals surface area contributed by atoms with Gasteiger partial charge in [0.15, 0.2) is 5.60 Å². The molecule has 2 heterocycles. The smallest absolute Gasteiger partial charge is 0.264 e. The lowest BCUT2D eigenvalue weighted by molar-refractivity contribution is -0.146. The highest BCUT2D eigenvalue weighted by atomic mass is 28.3. The van der Waals surface area contributed by atoms with Crippen molar-refractivity contribution in [1.29, 1.82) is 0 Å². The van der Waals surface area contributed by atoms with Crippen LogP contribution in [0.25, 0.3) is 0 Å². The number of ether oxygens (including phenoxy) is 2. The second-order valence-electron chi connectivity index (χ2n) is 12.0. The van der Waals surface area contributed by atoms with Crippen LogP contribution in [0, 0.1) is 5.92 Å². The molecule has 0 bridgehead atoms. The number of carbonyl (C=O) groups excluding carboxylic acids is 1. The number of nitrogens with zero attached hydrogens (tertiary/aromatic N) is 1. The fourth-order valence-corrected chi connectivity index (χ4v) is 10.8. The van der Waals surface area contributed by atoms with Crippen molar-refractivity contribution in [3.05, 3.63) is 77.4 Å². The maximum Gasteiger partial charge on any atom is 0.264 e. The van der Waals surface area contributed by atoms with Crippen LogP contribution in [0.1, 0.15) is 52.5 Å². The van der Waals surface area contributed by atoms with Crippen LogP contribution in [-0.2, 0) is 15.1 Å². The van der Waals surface area contributed by atoms with Gasteiger partial charge in [-0.1, -0.05) is 78.8 Å². The molecule has 0 radical (unpaired) electrons. The summed E-state index contributed by atoms with van der Waals surface area (Å²) < 4.78 is 12.3. The molecule has 1 spiro atoms. The number of carbonyl (C=O) groups is 1. The summed E-state index contributed by atoms with van der Waals surface area (Å²) in [6.07, 6.45) is 6.75. The molecule has 2 aromatic rings. The number of aliphatic hydroxyl groups excluding tert-OH is 1. The van der Waals surface area contributed by atoms with E-state index in [0.29, 0.717) is 13.0 Å². The van der Waals surface area contributed by atoms with Crippen LogP contribution in [-0.4, -0.2) is 45.5 Å². The van der Waals surface area contributed by atoms with Gasteiger partial charge in [-0.15, -0.1) is 0 Å². The average molecular weight is 548 g/mol. The van der Waals surface area contributed by atoms with Crippen molar-refractivity contribution in [2.45, 2.75) is 77.3 Å². The number of allylic oxidation sites excluding steroid dienone is 3. The van der Waals surface area contributed by atoms with Crippen LogP contribution in [0.5, 0.6) is 5.75 Å². The van der Waals surface area contributed by atoms with Gasteiger partial charge in [-0.25, -0.2) is 0 Å². The maximum absolute atomic E-state index is 14.5. The molecule has 39 heavy (non-hydrogen) atoms. The summed E-state index contributed by atoms with van der Waals surface area (Å²) in [6, 6.07) is 16.5. The number of rotatable bonds is 10. The number of hydrogen-bond acceptors (Lipinski definition) is 4. The molecule has 4 atom stereocenters. The fraction of sp³-hybridized carbons (Fsp3) is 0.485. The molecule has 1 N–H and O–H groups in total. The Morgan fingerprint density at radius 3 is 2.44 bits per heavy atom. The number of hydrogen-bond donors (Lipinski definition) is 1. The van der Waals surface area contributed by atoms with Crippen LogP contribution in [0.4, 0.5) is 5.69 Å². The topological polar surface area (TPSA) is 59.0 Å². The molecule has 1 amide bonds. The standard InChI is InChI=1S/C33H45NO4Si/c1-23(2)11-10-12-24(3)19-21-34-29-14-9-8-13-28(29)33(32(34)36)25(4)31(30(38-33)20-22-35)39(6,7)27-17-15-26(37-5)16-18-27/h8-9,11,13-19,25,30-31,35H,10,12,20-22H2,1-7H3/b24-19+/t25-,30+,31-,33+/m0/s1. The minimum atomic E-state index is -2.15. The van der Waals surface area contributed by atoms with E-state index in [9.17, 15) is 9.90 Å². The third kappa shape index (κ3) is 5.39. The first kappa shape index (κ1) is 29.3. The summed E-state index contributed by atoms with van der Waals surface area (Å²) in [5.41, 5.74) is 3.62. The number of aliphatic hydroxyl groups is 1. The number of amides is 1. The van der Waals surface area contributed by atoms with Crippen molar-refractivity contribution in [1.82, 2.24) is 0 Å². The highest BCUT2D eigenvalue weighted by Gasteiger charge is 2.65. The van der Waals surface area contributed by atoms with Crippen LogP contribution >= 0.6 is 0 Å². The van der Waals surface area contributed by atoms with E-state index < -0.39 is 13.7 Å². The largest absolute Gasteiger partial charge is 0.497 e. The Hall–Kier alpha value is -2.67. The third-order valence-electron chi connectivity index (χ3n) is 8.87. The summed E-state index contributed by atoms with van der Waals surface area (Å²) in [7, 11) is -0.472. The predicted octanol–water partition coefficient (Wildman–Crippen LogP) is 6.33. The Morgan fingerprint density at radius 1 is 1.10 bits per heavy atom. The molecule has 2 aliphatic heterocycles. The zero-order valence-corrected chi connectivity index (χ0v) is 25.7. The van der Waals surface area contributed by atoms with Gasteiger partial charge in [-0.05, 0) is 63.8 Å². The quantitative estimate of drug-likeness (QED) is 0.279. The van der Waals surface area contributed by atoms with E-state index in [1.807, 2.05) is 35.2 Å². The fourth-order valence-electron chi connectivity index (χ4n) is 6.78. The van der Waals surface area contributed by atoms with Crippen molar-refractivity contribution in [2.24, 2.45) is 5.92 Å². The summed E-state index contributed by atoms with van der Waals surface area (Å²) in [5.74, 6) is 0.816. The number of methoxy groups -OCH3 is 1. The summed E-state index contributed by atoms with van der Waals surface area (Å²) >= 11 is 0. The van der Waals surface area contributed by atoms with Gasteiger partial charge in [0.05, 0.1) is 27.0 Å². The first-order chi connectivity index (χ1) is 18.6. The Bertz CT molecular complexity index is 1230. The normalized spacial score (nSPS) is 24.8. The van der Waals surface area contributed by atoms with E-state index in [2.05, 4.69) is 71.1 Å². The molecule has 1 fully saturated rings. The summed E-state index contributed by atoms with van der Waals surface area (Å²) in [6.45, 7) is 13.9. The Kier molecular flexibility index (Phi) is 8.89. The Balaban J connectivity index is 1.70. The molecule has 0 saturated carbocycles. The van der Waals surface area contributed by atoms with E-state index in [-0.39, 0.29) is 30.1 Å². The van der Waals surface area contributed by atoms with Crippen LogP contribution < -0.4 is 14.8 Å². The van der Waals surface area contributed by atoms with Crippen LogP contribution in [0.15, 0.2) is 71.8 Å². The Labute approximate surface area is 235 Å². The van der Waals surface area contributed by atoms with Gasteiger partial charge in [0.2, 0.25) is 0 Å². The molecular formula is C33H45NO4Si. The van der Waals surface area contributed by atoms with E-state index in [4.69, 9.17) is 9.47 Å². The summed E-state index contributed by atoms with van der Waals surface area (Å²) in [5, 5.41) is 11.3. The second-order valence-corrected chi connectivity index (χ2v) is 16.7. The molecule has 4 rings (SSSR count). The highest BCUT2D eigenvalue weighted by Crippen LogP contribution is 2.59. The van der Waals surface area contributed by atoms with Gasteiger partial charge in [0.25, 0.3) is 5.91 Å². The number of fused-ring (bicyclic) bond motifs is 2. The monoisotopic (exact) mass is 547 g/mol. The van der Waals surface area contributed by atoms with Gasteiger partial charge >= 0.3 is 0 Å².